The zero-order valence-electron chi connectivity index (χ0n) is 8.06. The third kappa shape index (κ3) is 1.41. The first-order valence-corrected chi connectivity index (χ1v) is 5.07. The summed E-state index contributed by atoms with van der Waals surface area (Å²) < 4.78 is 6.06. The molecular formula is C8H11N5S. The molecule has 0 radical (unpaired) electrons. The molecule has 2 N–H and O–H groups in total. The molecule has 0 unspecified atom stereocenters. The molecule has 2 heterocycles. The molecule has 0 spiro atoms. The lowest BCUT2D eigenvalue weighted by Gasteiger charge is -2.23. The van der Waals surface area contributed by atoms with Crippen molar-refractivity contribution in [2.75, 3.05) is 10.8 Å². The van der Waals surface area contributed by atoms with E-state index in [9.17, 15) is 0 Å². The van der Waals surface area contributed by atoms with E-state index in [-0.39, 0.29) is 0 Å². The van der Waals surface area contributed by atoms with Crippen LogP contribution >= 0.6 is 12.1 Å². The molecule has 0 atom stereocenters. The summed E-state index contributed by atoms with van der Waals surface area (Å²) in [4.78, 5) is 8.62. The molecule has 1 aliphatic rings. The number of amidine groups is 1. The first kappa shape index (κ1) is 9.26. The van der Waals surface area contributed by atoms with Crippen molar-refractivity contribution in [3.05, 3.63) is 17.6 Å². The summed E-state index contributed by atoms with van der Waals surface area (Å²) in [6, 6.07) is 0. The minimum absolute atomic E-state index is 0.450. The molecule has 1 aliphatic heterocycles. The van der Waals surface area contributed by atoms with Gasteiger partial charge in [0.05, 0.1) is 24.0 Å². The van der Waals surface area contributed by atoms with E-state index >= 15 is 0 Å². The van der Waals surface area contributed by atoms with Gasteiger partial charge in [-0.15, -0.1) is 0 Å². The van der Waals surface area contributed by atoms with E-state index in [0.717, 1.165) is 18.1 Å². The van der Waals surface area contributed by atoms with E-state index in [4.69, 9.17) is 5.73 Å². The summed E-state index contributed by atoms with van der Waals surface area (Å²) in [5, 5.41) is 0. The molecule has 14 heavy (non-hydrogen) atoms. The molecule has 0 saturated carbocycles. The fourth-order valence-corrected chi connectivity index (χ4v) is 1.81. The maximum Gasteiger partial charge on any atom is 0.169 e. The number of hydrogen-bond donors (Lipinski definition) is 1. The van der Waals surface area contributed by atoms with Crippen LogP contribution in [0.15, 0.2) is 10.6 Å². The van der Waals surface area contributed by atoms with E-state index in [2.05, 4.69) is 14.4 Å². The summed E-state index contributed by atoms with van der Waals surface area (Å²) >= 11 is 1.31. The maximum atomic E-state index is 5.73. The lowest BCUT2D eigenvalue weighted by Crippen LogP contribution is -2.27. The standard InChI is InChI=1S/C8H11N5S/c1-3-13-8-6(7(9)12-14-13)11-5(2)4-10-8/h4H,3H2,1-2H3,(H2,9,12). The second-order valence-electron chi connectivity index (χ2n) is 2.94. The fourth-order valence-electron chi connectivity index (χ4n) is 1.21. The van der Waals surface area contributed by atoms with Gasteiger partial charge < -0.3 is 5.73 Å². The molecular weight excluding hydrogens is 198 g/mol. The highest BCUT2D eigenvalue weighted by Crippen LogP contribution is 2.28. The second kappa shape index (κ2) is 3.45. The number of nitrogens with two attached hydrogens (primary N) is 1. The average Bonchev–Trinajstić information content (AvgIpc) is 2.19. The van der Waals surface area contributed by atoms with Crippen molar-refractivity contribution < 1.29 is 0 Å². The van der Waals surface area contributed by atoms with Gasteiger partial charge in [0.1, 0.15) is 5.69 Å². The quantitative estimate of drug-likeness (QED) is 0.696. The third-order valence-electron chi connectivity index (χ3n) is 1.88. The Bertz CT molecular complexity index is 389. The first-order valence-electron chi connectivity index (χ1n) is 4.34. The molecule has 1 aromatic rings. The van der Waals surface area contributed by atoms with E-state index < -0.39 is 0 Å². The summed E-state index contributed by atoms with van der Waals surface area (Å²) in [6.07, 6.45) is 1.74. The molecule has 0 bridgehead atoms. The minimum atomic E-state index is 0.450. The highest BCUT2D eigenvalue weighted by molar-refractivity contribution is 7.99. The Hall–Kier alpha value is -1.30. The first-order chi connectivity index (χ1) is 6.72. The lowest BCUT2D eigenvalue weighted by molar-refractivity contribution is 1.01. The van der Waals surface area contributed by atoms with Crippen molar-refractivity contribution in [3.8, 4) is 0 Å². The van der Waals surface area contributed by atoms with Crippen LogP contribution < -0.4 is 10.0 Å². The number of hydrogen-bond acceptors (Lipinski definition) is 6. The van der Waals surface area contributed by atoms with Gasteiger partial charge in [-0.1, -0.05) is 0 Å². The molecule has 6 heteroatoms. The van der Waals surface area contributed by atoms with Gasteiger partial charge in [0.15, 0.2) is 11.7 Å². The number of aromatic nitrogens is 2. The number of aryl methyl sites for hydroxylation is 1. The van der Waals surface area contributed by atoms with E-state index in [1.54, 1.807) is 6.20 Å². The van der Waals surface area contributed by atoms with E-state index in [1.807, 2.05) is 18.2 Å². The molecule has 5 nitrogen and oxygen atoms in total. The monoisotopic (exact) mass is 209 g/mol. The van der Waals surface area contributed by atoms with Crippen LogP contribution in [0.2, 0.25) is 0 Å². The third-order valence-corrected chi connectivity index (χ3v) is 2.78. The molecule has 0 amide bonds. The van der Waals surface area contributed by atoms with Crippen LogP contribution in [0.25, 0.3) is 0 Å². The fraction of sp³-hybridized carbons (Fsp3) is 0.375. The van der Waals surface area contributed by atoms with Gasteiger partial charge in [0, 0.05) is 6.54 Å². The Morgan fingerprint density at radius 1 is 1.57 bits per heavy atom. The average molecular weight is 209 g/mol. The highest BCUT2D eigenvalue weighted by atomic mass is 32.2. The Kier molecular flexibility index (Phi) is 2.28. The van der Waals surface area contributed by atoms with Crippen molar-refractivity contribution in [3.63, 3.8) is 0 Å². The Morgan fingerprint density at radius 2 is 2.36 bits per heavy atom. The molecule has 2 rings (SSSR count). The second-order valence-corrected chi connectivity index (χ2v) is 3.72. The van der Waals surface area contributed by atoms with Gasteiger partial charge in [-0.3, -0.25) is 4.31 Å². The predicted molar refractivity (Wildman–Crippen MR) is 58.1 cm³/mol. The summed E-state index contributed by atoms with van der Waals surface area (Å²) in [6.45, 7) is 4.75. The Balaban J connectivity index is 2.53. The van der Waals surface area contributed by atoms with Gasteiger partial charge >= 0.3 is 0 Å². The summed E-state index contributed by atoms with van der Waals surface area (Å²) in [5.74, 6) is 1.25. The topological polar surface area (TPSA) is 67.4 Å². The van der Waals surface area contributed by atoms with Crippen molar-refractivity contribution >= 4 is 23.8 Å². The minimum Gasteiger partial charge on any atom is -0.381 e. The lowest BCUT2D eigenvalue weighted by atomic mass is 10.3. The zero-order valence-corrected chi connectivity index (χ0v) is 8.88. The Morgan fingerprint density at radius 3 is 3.07 bits per heavy atom. The zero-order chi connectivity index (χ0) is 10.1. The van der Waals surface area contributed by atoms with E-state index in [0.29, 0.717) is 11.5 Å². The largest absolute Gasteiger partial charge is 0.381 e. The van der Waals surface area contributed by atoms with Gasteiger partial charge in [0.2, 0.25) is 0 Å². The maximum absolute atomic E-state index is 5.73. The van der Waals surface area contributed by atoms with Crippen molar-refractivity contribution in [1.82, 2.24) is 9.97 Å². The van der Waals surface area contributed by atoms with E-state index in [1.165, 1.54) is 12.1 Å². The van der Waals surface area contributed by atoms with Crippen LogP contribution in [0.3, 0.4) is 0 Å². The van der Waals surface area contributed by atoms with Crippen LogP contribution in [-0.2, 0) is 0 Å². The van der Waals surface area contributed by atoms with Crippen LogP contribution in [-0.4, -0.2) is 22.3 Å². The molecule has 0 aliphatic carbocycles. The SMILES string of the molecule is CCN1SN=C(N)c2nc(C)cnc21. The Labute approximate surface area is 86.7 Å². The van der Waals surface area contributed by atoms with Crippen LogP contribution in [0, 0.1) is 6.92 Å². The van der Waals surface area contributed by atoms with Gasteiger partial charge in [0.25, 0.3) is 0 Å². The van der Waals surface area contributed by atoms with Crippen LogP contribution in [0.1, 0.15) is 18.3 Å². The number of fused-ring (bicyclic) bond motifs is 1. The smallest absolute Gasteiger partial charge is 0.169 e. The van der Waals surface area contributed by atoms with Crippen molar-refractivity contribution in [1.29, 1.82) is 0 Å². The number of anilines is 1. The molecule has 0 saturated heterocycles. The van der Waals surface area contributed by atoms with Gasteiger partial charge in [-0.25, -0.2) is 9.97 Å². The molecule has 0 aromatic carbocycles. The highest BCUT2D eigenvalue weighted by Gasteiger charge is 2.21. The van der Waals surface area contributed by atoms with Gasteiger partial charge in [-0.05, 0) is 13.8 Å². The van der Waals surface area contributed by atoms with Crippen LogP contribution in [0.5, 0.6) is 0 Å². The number of nitrogens with zero attached hydrogens (tertiary/aromatic N) is 4. The van der Waals surface area contributed by atoms with Gasteiger partial charge in [-0.2, -0.15) is 4.40 Å². The molecule has 1 aromatic heterocycles. The summed E-state index contributed by atoms with van der Waals surface area (Å²) in [5.41, 5.74) is 7.27. The van der Waals surface area contributed by atoms with Crippen molar-refractivity contribution in [2.45, 2.75) is 13.8 Å². The number of rotatable bonds is 1. The summed E-state index contributed by atoms with van der Waals surface area (Å²) in [7, 11) is 0. The molecule has 0 fully saturated rings. The van der Waals surface area contributed by atoms with Crippen LogP contribution in [0.4, 0.5) is 5.82 Å². The van der Waals surface area contributed by atoms with Crippen molar-refractivity contribution in [2.24, 2.45) is 10.1 Å². The predicted octanol–water partition coefficient (Wildman–Crippen LogP) is 0.893. The molecule has 74 valence electrons. The normalized spacial score (nSPS) is 15.0.